The van der Waals surface area contributed by atoms with Gasteiger partial charge in [-0.25, -0.2) is 13.1 Å². The highest BCUT2D eigenvalue weighted by molar-refractivity contribution is 7.89. The van der Waals surface area contributed by atoms with Crippen molar-refractivity contribution in [1.82, 2.24) is 19.5 Å². The molecule has 1 atom stereocenters. The van der Waals surface area contributed by atoms with Crippen molar-refractivity contribution < 1.29 is 17.9 Å². The van der Waals surface area contributed by atoms with Gasteiger partial charge in [0.25, 0.3) is 5.91 Å². The topological polar surface area (TPSA) is 115 Å². The van der Waals surface area contributed by atoms with Crippen LogP contribution < -0.4 is 14.8 Å². The Morgan fingerprint density at radius 2 is 2.08 bits per heavy atom. The minimum absolute atomic E-state index is 0.0273. The number of benzene rings is 1. The molecule has 0 fully saturated rings. The lowest BCUT2D eigenvalue weighted by Gasteiger charge is -2.20. The summed E-state index contributed by atoms with van der Waals surface area (Å²) >= 11 is 0. The number of anilines is 1. The molecule has 134 valence electrons. The fraction of sp³-hybridized carbons (Fsp3) is 0.400. The molecule has 2 heterocycles. The van der Waals surface area contributed by atoms with Crippen LogP contribution in [0.2, 0.25) is 0 Å². The summed E-state index contributed by atoms with van der Waals surface area (Å²) in [5, 5.41) is 10.4. The van der Waals surface area contributed by atoms with Crippen molar-refractivity contribution in [2.45, 2.75) is 37.8 Å². The number of nitrogens with zero attached hydrogens (tertiary/aromatic N) is 3. The van der Waals surface area contributed by atoms with E-state index in [1.54, 1.807) is 17.8 Å². The van der Waals surface area contributed by atoms with Gasteiger partial charge in [-0.05, 0) is 39.0 Å². The highest BCUT2D eigenvalue weighted by atomic mass is 32.2. The number of hydrogen-bond acceptors (Lipinski definition) is 6. The maximum absolute atomic E-state index is 12.7. The molecule has 0 spiro atoms. The lowest BCUT2D eigenvalue weighted by molar-refractivity contribution is -0.118. The molecule has 0 saturated carbocycles. The maximum Gasteiger partial charge on any atom is 0.262 e. The Balaban J connectivity index is 1.86. The molecular formula is C15H19N5O4S. The largest absolute Gasteiger partial charge is 0.482 e. The summed E-state index contributed by atoms with van der Waals surface area (Å²) in [6.07, 6.45) is 1.57. The number of nitrogens with one attached hydrogen (secondary N) is 2. The van der Waals surface area contributed by atoms with Gasteiger partial charge in [0, 0.05) is 6.04 Å². The van der Waals surface area contributed by atoms with Gasteiger partial charge in [0.15, 0.2) is 12.4 Å². The number of carbonyl (C=O) groups is 1. The van der Waals surface area contributed by atoms with Crippen molar-refractivity contribution in [2.75, 3.05) is 11.9 Å². The number of sulfonamides is 1. The molecule has 1 aromatic carbocycles. The highest BCUT2D eigenvalue weighted by Gasteiger charge is 2.25. The summed E-state index contributed by atoms with van der Waals surface area (Å²) in [7, 11) is -3.82. The van der Waals surface area contributed by atoms with E-state index in [9.17, 15) is 13.2 Å². The molecule has 0 radical (unpaired) electrons. The Morgan fingerprint density at radius 3 is 2.80 bits per heavy atom. The van der Waals surface area contributed by atoms with Crippen molar-refractivity contribution in [3.05, 3.63) is 30.4 Å². The van der Waals surface area contributed by atoms with Crippen LogP contribution in [0.15, 0.2) is 29.4 Å². The van der Waals surface area contributed by atoms with Crippen LogP contribution in [0.3, 0.4) is 0 Å². The molecule has 10 heteroatoms. The summed E-state index contributed by atoms with van der Waals surface area (Å²) in [6, 6.07) is 3.85. The van der Waals surface area contributed by atoms with Crippen LogP contribution >= 0.6 is 0 Å². The smallest absolute Gasteiger partial charge is 0.262 e. The molecule has 25 heavy (non-hydrogen) atoms. The van der Waals surface area contributed by atoms with Gasteiger partial charge in [-0.3, -0.25) is 4.79 Å². The second-order valence-corrected chi connectivity index (χ2v) is 7.74. The number of carbonyl (C=O) groups excluding carboxylic acids is 1. The third-order valence-corrected chi connectivity index (χ3v) is 5.31. The van der Waals surface area contributed by atoms with Gasteiger partial charge in [-0.1, -0.05) is 0 Å². The zero-order chi connectivity index (χ0) is 18.2. The molecule has 0 unspecified atom stereocenters. The number of rotatable bonds is 5. The molecule has 0 aliphatic carbocycles. The van der Waals surface area contributed by atoms with Crippen LogP contribution in [0.25, 0.3) is 0 Å². The summed E-state index contributed by atoms with van der Waals surface area (Å²) in [5.41, 5.74) is 0.331. The van der Waals surface area contributed by atoms with E-state index in [1.807, 2.05) is 13.8 Å². The fourth-order valence-electron chi connectivity index (χ4n) is 2.54. The van der Waals surface area contributed by atoms with E-state index >= 15 is 0 Å². The highest BCUT2D eigenvalue weighted by Crippen LogP contribution is 2.30. The average molecular weight is 365 g/mol. The van der Waals surface area contributed by atoms with Gasteiger partial charge < -0.3 is 14.6 Å². The van der Waals surface area contributed by atoms with E-state index < -0.39 is 16.1 Å². The molecule has 1 amide bonds. The quantitative estimate of drug-likeness (QED) is 0.823. The van der Waals surface area contributed by atoms with Crippen molar-refractivity contribution in [3.63, 3.8) is 0 Å². The summed E-state index contributed by atoms with van der Waals surface area (Å²) in [4.78, 5) is 11.4. The molecule has 1 aliphatic rings. The number of ether oxygens (including phenoxy) is 1. The standard InChI is InChI=1S/C15H19N5O4S/c1-9(2)20-8-16-18-15(20)10(3)19-25(22,23)11-4-5-13-12(6-11)17-14(21)7-24-13/h4-6,8-10,19H,7H2,1-3H3,(H,17,21)/t10-/m1/s1. The minimum atomic E-state index is -3.82. The van der Waals surface area contributed by atoms with E-state index in [4.69, 9.17) is 4.74 Å². The first-order valence-electron chi connectivity index (χ1n) is 7.76. The lowest BCUT2D eigenvalue weighted by atomic mass is 10.2. The second kappa shape index (κ2) is 6.45. The molecule has 9 nitrogen and oxygen atoms in total. The van der Waals surface area contributed by atoms with E-state index in [1.165, 1.54) is 18.2 Å². The van der Waals surface area contributed by atoms with Crippen molar-refractivity contribution in [3.8, 4) is 5.75 Å². The summed E-state index contributed by atoms with van der Waals surface area (Å²) < 4.78 is 34.9. The van der Waals surface area contributed by atoms with Gasteiger partial charge in [-0.15, -0.1) is 10.2 Å². The molecule has 2 aromatic rings. The zero-order valence-electron chi connectivity index (χ0n) is 14.1. The van der Waals surface area contributed by atoms with Crippen molar-refractivity contribution in [2.24, 2.45) is 0 Å². The normalized spacial score (nSPS) is 15.4. The molecule has 0 bridgehead atoms. The van der Waals surface area contributed by atoms with E-state index in [0.29, 0.717) is 17.3 Å². The Morgan fingerprint density at radius 1 is 1.32 bits per heavy atom. The van der Waals surface area contributed by atoms with Crippen LogP contribution in [-0.2, 0) is 14.8 Å². The number of amides is 1. The number of aromatic nitrogens is 3. The van der Waals surface area contributed by atoms with Gasteiger partial charge in [-0.2, -0.15) is 0 Å². The molecule has 1 aliphatic heterocycles. The van der Waals surface area contributed by atoms with Crippen molar-refractivity contribution in [1.29, 1.82) is 0 Å². The third kappa shape index (κ3) is 3.49. The molecular weight excluding hydrogens is 346 g/mol. The number of hydrogen-bond donors (Lipinski definition) is 2. The first-order valence-corrected chi connectivity index (χ1v) is 9.24. The zero-order valence-corrected chi connectivity index (χ0v) is 14.9. The van der Waals surface area contributed by atoms with Crippen LogP contribution in [-0.4, -0.2) is 35.7 Å². The second-order valence-electron chi connectivity index (χ2n) is 6.03. The third-order valence-electron chi connectivity index (χ3n) is 3.77. The predicted octanol–water partition coefficient (Wildman–Crippen LogP) is 1.23. The summed E-state index contributed by atoms with van der Waals surface area (Å²) in [6.45, 7) is 5.53. The van der Waals surface area contributed by atoms with Gasteiger partial charge in [0.2, 0.25) is 10.0 Å². The first kappa shape index (κ1) is 17.4. The Kier molecular flexibility index (Phi) is 4.48. The minimum Gasteiger partial charge on any atom is -0.482 e. The maximum atomic E-state index is 12.7. The average Bonchev–Trinajstić information content (AvgIpc) is 3.03. The van der Waals surface area contributed by atoms with Crippen molar-refractivity contribution >= 4 is 21.6 Å². The van der Waals surface area contributed by atoms with Gasteiger partial charge in [0.05, 0.1) is 16.6 Å². The molecule has 0 saturated heterocycles. The molecule has 1 aromatic heterocycles. The number of fused-ring (bicyclic) bond motifs is 1. The van der Waals surface area contributed by atoms with Crippen LogP contribution in [0, 0.1) is 0 Å². The van der Waals surface area contributed by atoms with E-state index in [2.05, 4.69) is 20.2 Å². The lowest BCUT2D eigenvalue weighted by Crippen LogP contribution is -2.30. The van der Waals surface area contributed by atoms with E-state index in [-0.39, 0.29) is 23.5 Å². The SMILES string of the molecule is CC(C)n1cnnc1[C@@H](C)NS(=O)(=O)c1ccc2c(c1)NC(=O)CO2. The Bertz CT molecular complexity index is 906. The first-order chi connectivity index (χ1) is 11.8. The van der Waals surface area contributed by atoms with E-state index in [0.717, 1.165) is 0 Å². The van der Waals surface area contributed by atoms with Gasteiger partial charge in [0.1, 0.15) is 12.1 Å². The van der Waals surface area contributed by atoms with Crippen LogP contribution in [0.4, 0.5) is 5.69 Å². The fourth-order valence-corrected chi connectivity index (χ4v) is 3.77. The van der Waals surface area contributed by atoms with Gasteiger partial charge >= 0.3 is 0 Å². The summed E-state index contributed by atoms with van der Waals surface area (Å²) in [5.74, 6) is 0.632. The molecule has 3 rings (SSSR count). The Labute approximate surface area is 145 Å². The van der Waals surface area contributed by atoms with Crippen LogP contribution in [0.1, 0.15) is 38.7 Å². The predicted molar refractivity (Wildman–Crippen MR) is 89.7 cm³/mol. The van der Waals surface area contributed by atoms with Crippen LogP contribution in [0.5, 0.6) is 5.75 Å². The molecule has 2 N–H and O–H groups in total. The Hall–Kier alpha value is -2.46. The monoisotopic (exact) mass is 365 g/mol.